The summed E-state index contributed by atoms with van der Waals surface area (Å²) in [6.07, 6.45) is 2.17. The number of aliphatic hydroxyl groups is 1. The highest BCUT2D eigenvalue weighted by atomic mass is 19.1. The first-order valence-corrected chi connectivity index (χ1v) is 6.74. The van der Waals surface area contributed by atoms with Crippen molar-refractivity contribution in [2.45, 2.75) is 26.3 Å². The first kappa shape index (κ1) is 14.5. The van der Waals surface area contributed by atoms with Crippen molar-refractivity contribution in [3.8, 4) is 0 Å². The fraction of sp³-hybridized carbons (Fsp3) is 0.400. The second-order valence-electron chi connectivity index (χ2n) is 5.23. The number of nitrogens with one attached hydrogen (secondary N) is 1. The SMILES string of the molecule is CC(C)C(CCO)Nc1c(F)cc(N)c2cccnc12. The van der Waals surface area contributed by atoms with Crippen molar-refractivity contribution in [2.75, 3.05) is 17.7 Å². The van der Waals surface area contributed by atoms with Crippen molar-refractivity contribution in [3.63, 3.8) is 0 Å². The van der Waals surface area contributed by atoms with E-state index in [2.05, 4.69) is 10.3 Å². The van der Waals surface area contributed by atoms with Crippen LogP contribution in [0.15, 0.2) is 24.4 Å². The molecular formula is C15H20FN3O. The lowest BCUT2D eigenvalue weighted by Crippen LogP contribution is -2.27. The van der Waals surface area contributed by atoms with Crippen LogP contribution in [0.5, 0.6) is 0 Å². The summed E-state index contributed by atoms with van der Waals surface area (Å²) in [5, 5.41) is 13.0. The average molecular weight is 277 g/mol. The van der Waals surface area contributed by atoms with E-state index < -0.39 is 5.82 Å². The summed E-state index contributed by atoms with van der Waals surface area (Å²) in [5.41, 5.74) is 7.07. The molecule has 0 saturated carbocycles. The summed E-state index contributed by atoms with van der Waals surface area (Å²) in [5.74, 6) is -0.157. The molecule has 0 aliphatic rings. The van der Waals surface area contributed by atoms with Crippen LogP contribution in [0, 0.1) is 11.7 Å². The third kappa shape index (κ3) is 2.82. The van der Waals surface area contributed by atoms with Crippen LogP contribution in [0.1, 0.15) is 20.3 Å². The Balaban J connectivity index is 2.48. The smallest absolute Gasteiger partial charge is 0.150 e. The van der Waals surface area contributed by atoms with Gasteiger partial charge in [-0.1, -0.05) is 13.8 Å². The Morgan fingerprint density at radius 3 is 2.85 bits per heavy atom. The zero-order valence-electron chi connectivity index (χ0n) is 11.7. The maximum Gasteiger partial charge on any atom is 0.150 e. The number of hydrogen-bond donors (Lipinski definition) is 3. The number of hydrogen-bond acceptors (Lipinski definition) is 4. The van der Waals surface area contributed by atoms with Crippen LogP contribution in [0.4, 0.5) is 15.8 Å². The zero-order valence-corrected chi connectivity index (χ0v) is 11.7. The Labute approximate surface area is 117 Å². The Hall–Kier alpha value is -1.88. The van der Waals surface area contributed by atoms with Crippen molar-refractivity contribution in [1.82, 2.24) is 4.98 Å². The molecule has 108 valence electrons. The van der Waals surface area contributed by atoms with Gasteiger partial charge in [-0.25, -0.2) is 4.39 Å². The van der Waals surface area contributed by atoms with Crippen LogP contribution < -0.4 is 11.1 Å². The number of fused-ring (bicyclic) bond motifs is 1. The van der Waals surface area contributed by atoms with Crippen LogP contribution in [-0.4, -0.2) is 22.7 Å². The molecule has 0 aliphatic carbocycles. The molecule has 0 fully saturated rings. The highest BCUT2D eigenvalue weighted by Gasteiger charge is 2.18. The number of benzene rings is 1. The lowest BCUT2D eigenvalue weighted by Gasteiger charge is -2.24. The van der Waals surface area contributed by atoms with Crippen molar-refractivity contribution >= 4 is 22.3 Å². The second-order valence-corrected chi connectivity index (χ2v) is 5.23. The topological polar surface area (TPSA) is 71.2 Å². The lowest BCUT2D eigenvalue weighted by atomic mass is 10.0. The summed E-state index contributed by atoms with van der Waals surface area (Å²) in [6.45, 7) is 4.11. The summed E-state index contributed by atoms with van der Waals surface area (Å²) in [7, 11) is 0. The van der Waals surface area contributed by atoms with Gasteiger partial charge in [0.05, 0.1) is 11.2 Å². The molecule has 2 rings (SSSR count). The molecule has 1 aromatic carbocycles. The van der Waals surface area contributed by atoms with Crippen molar-refractivity contribution in [2.24, 2.45) is 5.92 Å². The molecule has 5 heteroatoms. The van der Waals surface area contributed by atoms with E-state index in [1.807, 2.05) is 19.9 Å². The Morgan fingerprint density at radius 2 is 2.20 bits per heavy atom. The minimum Gasteiger partial charge on any atom is -0.398 e. The summed E-state index contributed by atoms with van der Waals surface area (Å²) >= 11 is 0. The normalized spacial score (nSPS) is 12.8. The standard InChI is InChI=1S/C15H20FN3O/c1-9(2)13(5-7-20)19-15-11(16)8-12(17)10-4-3-6-18-14(10)15/h3-4,6,8-9,13,19-20H,5,7,17H2,1-2H3. The molecule has 20 heavy (non-hydrogen) atoms. The number of aromatic nitrogens is 1. The summed E-state index contributed by atoms with van der Waals surface area (Å²) < 4.78 is 14.2. The highest BCUT2D eigenvalue weighted by Crippen LogP contribution is 2.31. The molecule has 1 aromatic heterocycles. The molecule has 1 heterocycles. The maximum absolute atomic E-state index is 14.2. The fourth-order valence-corrected chi connectivity index (χ4v) is 2.27. The molecule has 1 unspecified atom stereocenters. The van der Waals surface area contributed by atoms with Crippen LogP contribution in [0.2, 0.25) is 0 Å². The fourth-order valence-electron chi connectivity index (χ4n) is 2.27. The van der Waals surface area contributed by atoms with E-state index in [1.54, 1.807) is 12.3 Å². The molecule has 4 N–H and O–H groups in total. The number of nitrogens with two attached hydrogens (primary N) is 1. The summed E-state index contributed by atoms with van der Waals surface area (Å²) in [6, 6.07) is 4.87. The van der Waals surface area contributed by atoms with Gasteiger partial charge in [-0.05, 0) is 30.5 Å². The first-order chi connectivity index (χ1) is 9.54. The molecule has 2 aromatic rings. The number of pyridine rings is 1. The molecule has 0 saturated heterocycles. The molecule has 4 nitrogen and oxygen atoms in total. The third-order valence-corrected chi connectivity index (χ3v) is 3.45. The predicted molar refractivity (Wildman–Crippen MR) is 80.1 cm³/mol. The Kier molecular flexibility index (Phi) is 4.39. The number of halogens is 1. The van der Waals surface area contributed by atoms with E-state index >= 15 is 0 Å². The van der Waals surface area contributed by atoms with Crippen LogP contribution in [-0.2, 0) is 0 Å². The van der Waals surface area contributed by atoms with E-state index in [9.17, 15) is 4.39 Å². The lowest BCUT2D eigenvalue weighted by molar-refractivity contribution is 0.267. The molecule has 0 radical (unpaired) electrons. The largest absolute Gasteiger partial charge is 0.398 e. The monoisotopic (exact) mass is 277 g/mol. The maximum atomic E-state index is 14.2. The van der Waals surface area contributed by atoms with Crippen LogP contribution >= 0.6 is 0 Å². The molecule has 0 aliphatic heterocycles. The van der Waals surface area contributed by atoms with Gasteiger partial charge >= 0.3 is 0 Å². The molecule has 0 bridgehead atoms. The van der Waals surface area contributed by atoms with Crippen LogP contribution in [0.25, 0.3) is 10.9 Å². The minimum absolute atomic E-state index is 0.0247. The molecular weight excluding hydrogens is 257 g/mol. The number of nitrogen functional groups attached to an aromatic ring is 1. The molecule has 1 atom stereocenters. The zero-order chi connectivity index (χ0) is 14.7. The molecule has 0 amide bonds. The number of rotatable bonds is 5. The van der Waals surface area contributed by atoms with Gasteiger partial charge in [-0.2, -0.15) is 0 Å². The van der Waals surface area contributed by atoms with Crippen LogP contribution in [0.3, 0.4) is 0 Å². The van der Waals surface area contributed by atoms with Crippen molar-refractivity contribution in [1.29, 1.82) is 0 Å². The van der Waals surface area contributed by atoms with Gasteiger partial charge in [0, 0.05) is 29.9 Å². The second kappa shape index (κ2) is 6.05. The van der Waals surface area contributed by atoms with E-state index in [4.69, 9.17) is 10.8 Å². The van der Waals surface area contributed by atoms with Gasteiger partial charge < -0.3 is 16.2 Å². The minimum atomic E-state index is -0.419. The van der Waals surface area contributed by atoms with E-state index in [0.717, 1.165) is 5.39 Å². The number of aliphatic hydroxyl groups excluding tert-OH is 1. The van der Waals surface area contributed by atoms with Gasteiger partial charge in [0.1, 0.15) is 0 Å². The van der Waals surface area contributed by atoms with Gasteiger partial charge in [-0.15, -0.1) is 0 Å². The Bertz CT molecular complexity index is 601. The van der Waals surface area contributed by atoms with Crippen molar-refractivity contribution < 1.29 is 9.50 Å². The third-order valence-electron chi connectivity index (χ3n) is 3.45. The molecule has 0 spiro atoms. The predicted octanol–water partition coefficient (Wildman–Crippen LogP) is 2.78. The number of anilines is 2. The van der Waals surface area contributed by atoms with Gasteiger partial charge in [-0.3, -0.25) is 4.98 Å². The van der Waals surface area contributed by atoms with Gasteiger partial charge in [0.2, 0.25) is 0 Å². The first-order valence-electron chi connectivity index (χ1n) is 6.74. The van der Waals surface area contributed by atoms with E-state index in [0.29, 0.717) is 23.3 Å². The Morgan fingerprint density at radius 1 is 1.45 bits per heavy atom. The summed E-state index contributed by atoms with van der Waals surface area (Å²) in [4.78, 5) is 4.23. The van der Waals surface area contributed by atoms with Gasteiger partial charge in [0.15, 0.2) is 5.82 Å². The van der Waals surface area contributed by atoms with E-state index in [-0.39, 0.29) is 18.6 Å². The van der Waals surface area contributed by atoms with Crippen molar-refractivity contribution in [3.05, 3.63) is 30.2 Å². The quantitative estimate of drug-likeness (QED) is 0.735. The number of nitrogens with zero attached hydrogens (tertiary/aromatic N) is 1. The van der Waals surface area contributed by atoms with Gasteiger partial charge in [0.25, 0.3) is 0 Å². The highest BCUT2D eigenvalue weighted by molar-refractivity contribution is 5.98. The van der Waals surface area contributed by atoms with E-state index in [1.165, 1.54) is 6.07 Å². The average Bonchev–Trinajstić information content (AvgIpc) is 2.42.